The van der Waals surface area contributed by atoms with E-state index in [9.17, 15) is 18.0 Å². The molecule has 0 unspecified atom stereocenters. The average molecular weight is 370 g/mol. The summed E-state index contributed by atoms with van der Waals surface area (Å²) in [6.45, 7) is 4.18. The number of carbonyl (C=O) groups is 1. The number of aryl methyl sites for hydroxylation is 2. The smallest absolute Gasteiger partial charge is 0.406 e. The molecule has 6 nitrogen and oxygen atoms in total. The average Bonchev–Trinajstić information content (AvgIpc) is 3.07. The number of thiazole rings is 1. The third kappa shape index (κ3) is 3.90. The minimum atomic E-state index is -4.76. The second-order valence-corrected chi connectivity index (χ2v) is 6.17. The summed E-state index contributed by atoms with van der Waals surface area (Å²) < 4.78 is 42.8. The van der Waals surface area contributed by atoms with Crippen LogP contribution >= 0.6 is 11.3 Å². The third-order valence-electron chi connectivity index (χ3n) is 3.25. The molecule has 0 fully saturated rings. The van der Waals surface area contributed by atoms with Crippen molar-refractivity contribution in [1.82, 2.24) is 14.8 Å². The first kappa shape index (κ1) is 17.2. The molecule has 2 aromatic heterocycles. The third-order valence-corrected chi connectivity index (χ3v) is 4.18. The van der Waals surface area contributed by atoms with E-state index in [1.54, 1.807) is 17.7 Å². The molecule has 25 heavy (non-hydrogen) atoms. The Hall–Kier alpha value is -2.62. The Labute approximate surface area is 144 Å². The monoisotopic (exact) mass is 370 g/mol. The molecule has 0 atom stereocenters. The fourth-order valence-electron chi connectivity index (χ4n) is 2.29. The van der Waals surface area contributed by atoms with E-state index in [0.29, 0.717) is 28.1 Å². The van der Waals surface area contributed by atoms with Crippen LogP contribution in [-0.4, -0.2) is 27.0 Å². The highest BCUT2D eigenvalue weighted by atomic mass is 32.1. The Morgan fingerprint density at radius 2 is 2.12 bits per heavy atom. The van der Waals surface area contributed by atoms with Crippen molar-refractivity contribution in [3.05, 3.63) is 35.7 Å². The molecule has 0 radical (unpaired) electrons. The summed E-state index contributed by atoms with van der Waals surface area (Å²) in [5.74, 6) is -0.713. The molecule has 3 aromatic rings. The number of aromatic nitrogens is 3. The lowest BCUT2D eigenvalue weighted by Gasteiger charge is -2.07. The van der Waals surface area contributed by atoms with Gasteiger partial charge < -0.3 is 4.74 Å². The summed E-state index contributed by atoms with van der Waals surface area (Å²) >= 11 is 1.06. The first-order valence-corrected chi connectivity index (χ1v) is 8.09. The number of benzene rings is 1. The van der Waals surface area contributed by atoms with Crippen molar-refractivity contribution >= 4 is 32.6 Å². The number of halogens is 3. The maximum atomic E-state index is 12.4. The highest BCUT2D eigenvalue weighted by Gasteiger charge is 2.31. The lowest BCUT2D eigenvalue weighted by Crippen LogP contribution is -2.17. The highest BCUT2D eigenvalue weighted by Crippen LogP contribution is 2.31. The molecule has 0 aliphatic rings. The summed E-state index contributed by atoms with van der Waals surface area (Å²) in [4.78, 5) is 16.6. The molecule has 0 saturated heterocycles. The van der Waals surface area contributed by atoms with E-state index in [1.165, 1.54) is 18.2 Å². The number of hydrogen-bond donors (Lipinski definition) is 1. The second-order valence-electron chi connectivity index (χ2n) is 5.14. The summed E-state index contributed by atoms with van der Waals surface area (Å²) in [7, 11) is 0. The molecular weight excluding hydrogens is 357 g/mol. The maximum Gasteiger partial charge on any atom is 0.573 e. The number of nitrogens with one attached hydrogen (secondary N) is 1. The predicted octanol–water partition coefficient (Wildman–Crippen LogP) is 3.97. The first-order chi connectivity index (χ1) is 11.7. The largest absolute Gasteiger partial charge is 0.573 e. The number of rotatable bonds is 4. The standard InChI is InChI=1S/C15H13F3N4O2S/c1-3-22-11(6-8(2)21-22)13(23)20-14-19-10-5-4-9(7-12(10)25-14)24-15(16,17)18/h4-7H,3H2,1-2H3,(H,19,20,23). The Bertz CT molecular complexity index is 933. The number of ether oxygens (including phenoxy) is 1. The number of amides is 1. The molecule has 1 N–H and O–H groups in total. The minimum Gasteiger partial charge on any atom is -0.406 e. The number of carbonyl (C=O) groups excluding carboxylic acids is 1. The summed E-state index contributed by atoms with van der Waals surface area (Å²) in [5, 5.41) is 7.13. The van der Waals surface area contributed by atoms with Gasteiger partial charge in [-0.2, -0.15) is 5.10 Å². The number of fused-ring (bicyclic) bond motifs is 1. The van der Waals surface area contributed by atoms with E-state index in [2.05, 4.69) is 20.1 Å². The fraction of sp³-hybridized carbons (Fsp3) is 0.267. The van der Waals surface area contributed by atoms with Crippen LogP contribution in [0.2, 0.25) is 0 Å². The zero-order chi connectivity index (χ0) is 18.2. The van der Waals surface area contributed by atoms with Gasteiger partial charge in [0.05, 0.1) is 15.9 Å². The van der Waals surface area contributed by atoms with E-state index >= 15 is 0 Å². The summed E-state index contributed by atoms with van der Waals surface area (Å²) in [6, 6.07) is 5.47. The Morgan fingerprint density at radius 1 is 1.36 bits per heavy atom. The van der Waals surface area contributed by atoms with E-state index < -0.39 is 6.36 Å². The first-order valence-electron chi connectivity index (χ1n) is 7.27. The van der Waals surface area contributed by atoms with Gasteiger partial charge in [-0.15, -0.1) is 13.2 Å². The van der Waals surface area contributed by atoms with Crippen LogP contribution in [0, 0.1) is 6.92 Å². The van der Waals surface area contributed by atoms with E-state index in [4.69, 9.17) is 0 Å². The van der Waals surface area contributed by atoms with Gasteiger partial charge in [0, 0.05) is 12.6 Å². The fourth-order valence-corrected chi connectivity index (χ4v) is 3.18. The van der Waals surface area contributed by atoms with Gasteiger partial charge in [-0.25, -0.2) is 4.98 Å². The second kappa shape index (κ2) is 6.36. The van der Waals surface area contributed by atoms with Crippen molar-refractivity contribution in [2.24, 2.45) is 0 Å². The van der Waals surface area contributed by atoms with Crippen molar-refractivity contribution < 1.29 is 22.7 Å². The number of anilines is 1. The topological polar surface area (TPSA) is 69.0 Å². The molecule has 1 amide bonds. The van der Waals surface area contributed by atoms with Crippen LogP contribution in [0.3, 0.4) is 0 Å². The minimum absolute atomic E-state index is 0.283. The summed E-state index contributed by atoms with van der Waals surface area (Å²) in [5.41, 5.74) is 1.57. The Kier molecular flexibility index (Phi) is 4.38. The number of alkyl halides is 3. The van der Waals surface area contributed by atoms with Gasteiger partial charge in [-0.05, 0) is 32.0 Å². The van der Waals surface area contributed by atoms with Gasteiger partial charge in [-0.3, -0.25) is 14.8 Å². The van der Waals surface area contributed by atoms with Gasteiger partial charge in [-0.1, -0.05) is 11.3 Å². The molecule has 10 heteroatoms. The van der Waals surface area contributed by atoms with Crippen LogP contribution in [0.25, 0.3) is 10.2 Å². The van der Waals surface area contributed by atoms with Gasteiger partial charge in [0.2, 0.25) is 0 Å². The molecule has 132 valence electrons. The molecule has 0 aliphatic carbocycles. The van der Waals surface area contributed by atoms with E-state index in [0.717, 1.165) is 11.3 Å². The van der Waals surface area contributed by atoms with Crippen molar-refractivity contribution in [3.63, 3.8) is 0 Å². The van der Waals surface area contributed by atoms with Crippen LogP contribution in [0.1, 0.15) is 23.1 Å². The van der Waals surface area contributed by atoms with E-state index in [1.807, 2.05) is 6.92 Å². The van der Waals surface area contributed by atoms with Crippen molar-refractivity contribution in [1.29, 1.82) is 0 Å². The normalized spacial score (nSPS) is 11.7. The van der Waals surface area contributed by atoms with Gasteiger partial charge in [0.15, 0.2) is 5.13 Å². The highest BCUT2D eigenvalue weighted by molar-refractivity contribution is 7.22. The predicted molar refractivity (Wildman–Crippen MR) is 86.9 cm³/mol. The molecule has 0 bridgehead atoms. The van der Waals surface area contributed by atoms with Crippen LogP contribution in [-0.2, 0) is 6.54 Å². The van der Waals surface area contributed by atoms with Gasteiger partial charge in [0.1, 0.15) is 11.4 Å². The molecule has 2 heterocycles. The van der Waals surface area contributed by atoms with Crippen LogP contribution < -0.4 is 10.1 Å². The van der Waals surface area contributed by atoms with Crippen molar-refractivity contribution in [2.45, 2.75) is 26.8 Å². The Balaban J connectivity index is 1.83. The molecule has 0 aliphatic heterocycles. The molecule has 3 rings (SSSR count). The molecular formula is C15H13F3N4O2S. The van der Waals surface area contributed by atoms with Gasteiger partial charge in [0.25, 0.3) is 5.91 Å². The SMILES string of the molecule is CCn1nc(C)cc1C(=O)Nc1nc2ccc(OC(F)(F)F)cc2s1. The van der Waals surface area contributed by atoms with Crippen LogP contribution in [0.15, 0.2) is 24.3 Å². The zero-order valence-electron chi connectivity index (χ0n) is 13.2. The van der Waals surface area contributed by atoms with Crippen LogP contribution in [0.4, 0.5) is 18.3 Å². The van der Waals surface area contributed by atoms with Crippen molar-refractivity contribution in [2.75, 3.05) is 5.32 Å². The lowest BCUT2D eigenvalue weighted by atomic mass is 10.3. The summed E-state index contributed by atoms with van der Waals surface area (Å²) in [6.07, 6.45) is -4.76. The molecule has 0 spiro atoms. The molecule has 1 aromatic carbocycles. The quantitative estimate of drug-likeness (QED) is 0.754. The zero-order valence-corrected chi connectivity index (χ0v) is 14.0. The Morgan fingerprint density at radius 3 is 2.80 bits per heavy atom. The van der Waals surface area contributed by atoms with Gasteiger partial charge >= 0.3 is 6.36 Å². The van der Waals surface area contributed by atoms with Crippen LogP contribution in [0.5, 0.6) is 5.75 Å². The maximum absolute atomic E-state index is 12.4. The number of hydrogen-bond acceptors (Lipinski definition) is 5. The lowest BCUT2D eigenvalue weighted by molar-refractivity contribution is -0.274. The van der Waals surface area contributed by atoms with Crippen molar-refractivity contribution in [3.8, 4) is 5.75 Å². The molecule has 0 saturated carbocycles. The number of nitrogens with zero attached hydrogens (tertiary/aromatic N) is 3. The van der Waals surface area contributed by atoms with E-state index in [-0.39, 0.29) is 16.8 Å².